The molecule has 0 saturated carbocycles. The molecule has 0 spiro atoms. The van der Waals surface area contributed by atoms with E-state index in [0.717, 1.165) is 0 Å². The number of benzene rings is 2. The molecule has 26 heavy (non-hydrogen) atoms. The number of hydrogen-bond acceptors (Lipinski definition) is 5. The first-order chi connectivity index (χ1) is 12.4. The SMILES string of the molecule is COc1ccc(NC(=O)[C@H](C)OC(=O)Cc2ccccc2Cl)cc1OC. The van der Waals surface area contributed by atoms with Crippen molar-refractivity contribution in [2.45, 2.75) is 19.4 Å². The summed E-state index contributed by atoms with van der Waals surface area (Å²) in [4.78, 5) is 24.3. The Morgan fingerprint density at radius 3 is 2.42 bits per heavy atom. The largest absolute Gasteiger partial charge is 0.493 e. The van der Waals surface area contributed by atoms with Gasteiger partial charge in [0.05, 0.1) is 20.6 Å². The lowest BCUT2D eigenvalue weighted by Gasteiger charge is -2.15. The van der Waals surface area contributed by atoms with Gasteiger partial charge < -0.3 is 19.5 Å². The topological polar surface area (TPSA) is 73.9 Å². The molecule has 6 nitrogen and oxygen atoms in total. The smallest absolute Gasteiger partial charge is 0.311 e. The quantitative estimate of drug-likeness (QED) is 0.748. The number of amides is 1. The van der Waals surface area contributed by atoms with Crippen LogP contribution in [0.3, 0.4) is 0 Å². The third-order valence-corrected chi connectivity index (χ3v) is 3.99. The summed E-state index contributed by atoms with van der Waals surface area (Å²) < 4.78 is 15.5. The molecule has 0 radical (unpaired) electrons. The van der Waals surface area contributed by atoms with Gasteiger partial charge in [0.15, 0.2) is 17.6 Å². The molecule has 0 aliphatic rings. The molecule has 0 aromatic heterocycles. The van der Waals surface area contributed by atoms with Crippen molar-refractivity contribution in [3.63, 3.8) is 0 Å². The van der Waals surface area contributed by atoms with Crippen LogP contribution in [-0.2, 0) is 20.7 Å². The molecular formula is C19H20ClNO5. The summed E-state index contributed by atoms with van der Waals surface area (Å²) in [5.41, 5.74) is 1.15. The van der Waals surface area contributed by atoms with Gasteiger partial charge in [0, 0.05) is 16.8 Å². The highest BCUT2D eigenvalue weighted by molar-refractivity contribution is 6.31. The highest BCUT2D eigenvalue weighted by Crippen LogP contribution is 2.29. The Morgan fingerprint density at radius 1 is 1.08 bits per heavy atom. The van der Waals surface area contributed by atoms with Crippen LogP contribution in [0.4, 0.5) is 5.69 Å². The number of carbonyl (C=O) groups is 2. The zero-order chi connectivity index (χ0) is 19.1. The minimum absolute atomic E-state index is 0.00630. The van der Waals surface area contributed by atoms with E-state index in [0.29, 0.717) is 27.8 Å². The maximum Gasteiger partial charge on any atom is 0.311 e. The van der Waals surface area contributed by atoms with Crippen LogP contribution < -0.4 is 14.8 Å². The van der Waals surface area contributed by atoms with Gasteiger partial charge >= 0.3 is 5.97 Å². The summed E-state index contributed by atoms with van der Waals surface area (Å²) in [7, 11) is 3.03. The minimum Gasteiger partial charge on any atom is -0.493 e. The van der Waals surface area contributed by atoms with E-state index in [1.54, 1.807) is 42.5 Å². The van der Waals surface area contributed by atoms with Crippen LogP contribution in [0.15, 0.2) is 42.5 Å². The fraction of sp³-hybridized carbons (Fsp3) is 0.263. The second kappa shape index (κ2) is 9.10. The summed E-state index contributed by atoms with van der Waals surface area (Å²) in [5, 5.41) is 3.15. The van der Waals surface area contributed by atoms with Gasteiger partial charge in [0.2, 0.25) is 0 Å². The Kier molecular flexibility index (Phi) is 6.86. The van der Waals surface area contributed by atoms with E-state index < -0.39 is 18.0 Å². The molecule has 1 atom stereocenters. The first-order valence-electron chi connectivity index (χ1n) is 7.90. The molecule has 1 N–H and O–H groups in total. The molecule has 0 aliphatic heterocycles. The van der Waals surface area contributed by atoms with E-state index in [4.69, 9.17) is 25.8 Å². The number of carbonyl (C=O) groups excluding carboxylic acids is 2. The Morgan fingerprint density at radius 2 is 1.77 bits per heavy atom. The monoisotopic (exact) mass is 377 g/mol. The Balaban J connectivity index is 1.95. The lowest BCUT2D eigenvalue weighted by molar-refractivity contribution is -0.152. The molecule has 0 saturated heterocycles. The number of halogens is 1. The van der Waals surface area contributed by atoms with Crippen LogP contribution in [0, 0.1) is 0 Å². The highest BCUT2D eigenvalue weighted by Gasteiger charge is 2.19. The number of esters is 1. The van der Waals surface area contributed by atoms with Gasteiger partial charge in [-0.1, -0.05) is 29.8 Å². The summed E-state index contributed by atoms with van der Waals surface area (Å²) >= 11 is 6.02. The van der Waals surface area contributed by atoms with Gasteiger partial charge in [-0.25, -0.2) is 0 Å². The molecule has 7 heteroatoms. The van der Waals surface area contributed by atoms with E-state index in [1.807, 2.05) is 0 Å². The predicted octanol–water partition coefficient (Wildman–Crippen LogP) is 3.47. The maximum atomic E-state index is 12.2. The molecule has 0 aliphatic carbocycles. The third kappa shape index (κ3) is 5.13. The van der Waals surface area contributed by atoms with Gasteiger partial charge in [0.25, 0.3) is 5.91 Å². The number of methoxy groups -OCH3 is 2. The van der Waals surface area contributed by atoms with Gasteiger partial charge in [0.1, 0.15) is 0 Å². The van der Waals surface area contributed by atoms with Crippen molar-refractivity contribution < 1.29 is 23.8 Å². The van der Waals surface area contributed by atoms with Crippen molar-refractivity contribution in [3.8, 4) is 11.5 Å². The lowest BCUT2D eigenvalue weighted by Crippen LogP contribution is -2.30. The van der Waals surface area contributed by atoms with Gasteiger partial charge in [-0.3, -0.25) is 9.59 Å². The van der Waals surface area contributed by atoms with Crippen molar-refractivity contribution >= 4 is 29.2 Å². The van der Waals surface area contributed by atoms with Gasteiger partial charge in [-0.05, 0) is 30.7 Å². The van der Waals surface area contributed by atoms with Crippen LogP contribution in [0.5, 0.6) is 11.5 Å². The van der Waals surface area contributed by atoms with Crippen molar-refractivity contribution in [1.29, 1.82) is 0 Å². The minimum atomic E-state index is -0.960. The summed E-state index contributed by atoms with van der Waals surface area (Å²) in [5.74, 6) is 0.0381. The summed E-state index contributed by atoms with van der Waals surface area (Å²) in [6.07, 6.45) is -0.966. The normalized spacial score (nSPS) is 11.4. The second-order valence-electron chi connectivity index (χ2n) is 5.46. The fourth-order valence-corrected chi connectivity index (χ4v) is 2.45. The fourth-order valence-electron chi connectivity index (χ4n) is 2.25. The number of anilines is 1. The van der Waals surface area contributed by atoms with Crippen LogP contribution in [0.25, 0.3) is 0 Å². The van der Waals surface area contributed by atoms with Crippen molar-refractivity contribution in [2.75, 3.05) is 19.5 Å². The van der Waals surface area contributed by atoms with E-state index in [9.17, 15) is 9.59 Å². The van der Waals surface area contributed by atoms with E-state index in [2.05, 4.69) is 5.32 Å². The standard InChI is InChI=1S/C19H20ClNO5/c1-12(26-18(22)10-13-6-4-5-7-15(13)20)19(23)21-14-8-9-16(24-2)17(11-14)25-3/h4-9,11-12H,10H2,1-3H3,(H,21,23)/t12-/m0/s1. The summed E-state index contributed by atoms with van der Waals surface area (Å²) in [6.45, 7) is 1.50. The number of ether oxygens (including phenoxy) is 3. The molecule has 0 heterocycles. The van der Waals surface area contributed by atoms with Crippen LogP contribution >= 0.6 is 11.6 Å². The third-order valence-electron chi connectivity index (χ3n) is 3.62. The molecule has 2 rings (SSSR count). The average Bonchev–Trinajstić information content (AvgIpc) is 2.63. The Hall–Kier alpha value is -2.73. The zero-order valence-corrected chi connectivity index (χ0v) is 15.5. The zero-order valence-electron chi connectivity index (χ0n) is 14.7. The molecule has 1 amide bonds. The number of hydrogen-bond donors (Lipinski definition) is 1. The van der Waals surface area contributed by atoms with Crippen molar-refractivity contribution in [3.05, 3.63) is 53.1 Å². The Bertz CT molecular complexity index is 793. The molecule has 0 unspecified atom stereocenters. The van der Waals surface area contributed by atoms with Crippen LogP contribution in [-0.4, -0.2) is 32.2 Å². The van der Waals surface area contributed by atoms with Gasteiger partial charge in [-0.15, -0.1) is 0 Å². The number of nitrogens with one attached hydrogen (secondary N) is 1. The molecule has 2 aromatic rings. The molecule has 0 fully saturated rings. The van der Waals surface area contributed by atoms with Crippen LogP contribution in [0.2, 0.25) is 5.02 Å². The Labute approximate surface area is 157 Å². The van der Waals surface area contributed by atoms with E-state index in [1.165, 1.54) is 21.1 Å². The highest BCUT2D eigenvalue weighted by atomic mass is 35.5. The van der Waals surface area contributed by atoms with Crippen molar-refractivity contribution in [1.82, 2.24) is 0 Å². The maximum absolute atomic E-state index is 12.2. The van der Waals surface area contributed by atoms with Gasteiger partial charge in [-0.2, -0.15) is 0 Å². The van der Waals surface area contributed by atoms with Crippen LogP contribution in [0.1, 0.15) is 12.5 Å². The molecule has 0 bridgehead atoms. The van der Waals surface area contributed by atoms with E-state index >= 15 is 0 Å². The van der Waals surface area contributed by atoms with Crippen molar-refractivity contribution in [2.24, 2.45) is 0 Å². The first kappa shape index (κ1) is 19.6. The number of rotatable bonds is 7. The molecule has 138 valence electrons. The first-order valence-corrected chi connectivity index (χ1v) is 8.28. The van der Waals surface area contributed by atoms with E-state index in [-0.39, 0.29) is 6.42 Å². The molecule has 2 aromatic carbocycles. The average molecular weight is 378 g/mol. The summed E-state index contributed by atoms with van der Waals surface area (Å²) in [6, 6.07) is 11.9. The second-order valence-corrected chi connectivity index (χ2v) is 5.87. The predicted molar refractivity (Wildman–Crippen MR) is 98.9 cm³/mol. The lowest BCUT2D eigenvalue weighted by atomic mass is 10.1. The molecular weight excluding hydrogens is 358 g/mol.